The molecule has 0 amide bonds. The van der Waals surface area contributed by atoms with Crippen LogP contribution in [0, 0.1) is 0 Å². The molecule has 118 valence electrons. The van der Waals surface area contributed by atoms with Crippen molar-refractivity contribution in [3.8, 4) is 0 Å². The van der Waals surface area contributed by atoms with E-state index in [1.807, 2.05) is 0 Å². The van der Waals surface area contributed by atoms with Crippen LogP contribution in [0.15, 0.2) is 24.3 Å². The second kappa shape index (κ2) is 7.42. The summed E-state index contributed by atoms with van der Waals surface area (Å²) in [7, 11) is 0. The Bertz CT molecular complexity index is 422. The monoisotopic (exact) mass is 288 g/mol. The van der Waals surface area contributed by atoms with Crippen LogP contribution >= 0.6 is 0 Å². The van der Waals surface area contributed by atoms with Crippen LogP contribution in [0.1, 0.15) is 64.1 Å². The maximum absolute atomic E-state index is 3.67. The number of likely N-dealkylation sites (tertiary alicyclic amines) is 1. The largest absolute Gasteiger partial charge is 0.309 e. The Morgan fingerprint density at radius 1 is 1.19 bits per heavy atom. The fraction of sp³-hybridized carbons (Fsp3) is 0.684. The van der Waals surface area contributed by atoms with Crippen molar-refractivity contribution >= 4 is 0 Å². The van der Waals surface area contributed by atoms with E-state index in [-0.39, 0.29) is 0 Å². The predicted molar refractivity (Wildman–Crippen MR) is 91.7 cm³/mol. The lowest BCUT2D eigenvalue weighted by atomic mass is 9.99. The van der Waals surface area contributed by atoms with Crippen LogP contribution < -0.4 is 5.32 Å². The van der Waals surface area contributed by atoms with Gasteiger partial charge in [0.25, 0.3) is 0 Å². The molecule has 2 heteroatoms. The number of hydrogen-bond acceptors (Lipinski definition) is 2. The molecule has 1 heterocycles. The third-order valence-corrected chi connectivity index (χ3v) is 4.85. The molecule has 1 saturated heterocycles. The lowest BCUT2D eigenvalue weighted by molar-refractivity contribution is 0.157. The van der Waals surface area contributed by atoms with E-state index in [4.69, 9.17) is 0 Å². The van der Waals surface area contributed by atoms with E-state index in [1.54, 1.807) is 0 Å². The summed E-state index contributed by atoms with van der Waals surface area (Å²) >= 11 is 0. The number of nitrogens with one attached hydrogen (secondary N) is 1. The van der Waals surface area contributed by atoms with Gasteiger partial charge in [-0.25, -0.2) is 0 Å². The summed E-state index contributed by atoms with van der Waals surface area (Å²) < 4.78 is 0. The highest BCUT2D eigenvalue weighted by Crippen LogP contribution is 2.30. The fourth-order valence-electron chi connectivity index (χ4n) is 3.46. The average Bonchev–Trinajstić information content (AvgIpc) is 2.79. The number of rotatable bonds is 7. The summed E-state index contributed by atoms with van der Waals surface area (Å²) in [6.45, 7) is 12.6. The first kappa shape index (κ1) is 16.5. The highest BCUT2D eigenvalue weighted by molar-refractivity contribution is 5.25. The molecule has 1 atom stereocenters. The number of likely N-dealkylation sites (N-methyl/N-ethyl adjacent to an activating group) is 1. The van der Waals surface area contributed by atoms with Gasteiger partial charge in [0.1, 0.15) is 0 Å². The lowest BCUT2D eigenvalue weighted by Gasteiger charge is -2.35. The van der Waals surface area contributed by atoms with Gasteiger partial charge in [-0.15, -0.1) is 0 Å². The molecule has 1 unspecified atom stereocenters. The second-order valence-corrected chi connectivity index (χ2v) is 6.96. The van der Waals surface area contributed by atoms with Gasteiger partial charge in [-0.1, -0.05) is 44.5 Å². The van der Waals surface area contributed by atoms with Crippen molar-refractivity contribution < 1.29 is 0 Å². The summed E-state index contributed by atoms with van der Waals surface area (Å²) in [6.07, 6.45) is 5.06. The van der Waals surface area contributed by atoms with E-state index < -0.39 is 0 Å². The topological polar surface area (TPSA) is 15.3 Å². The standard InChI is InChI=1S/C19H32N2/c1-5-8-16-9-11-17(12-10-16)18(20-6-2)15-21-14-7-13-19(21,3)4/h9-12,18,20H,5-8,13-15H2,1-4H3. The van der Waals surface area contributed by atoms with Crippen molar-refractivity contribution in [2.45, 2.75) is 65.0 Å². The van der Waals surface area contributed by atoms with Gasteiger partial charge in [-0.2, -0.15) is 0 Å². The molecule has 0 bridgehead atoms. The van der Waals surface area contributed by atoms with Gasteiger partial charge < -0.3 is 5.32 Å². The first-order valence-corrected chi connectivity index (χ1v) is 8.64. The van der Waals surface area contributed by atoms with Crippen molar-refractivity contribution in [2.24, 2.45) is 0 Å². The quantitative estimate of drug-likeness (QED) is 0.810. The predicted octanol–water partition coefficient (Wildman–Crippen LogP) is 4.16. The molecule has 1 N–H and O–H groups in total. The Labute approximate surface area is 130 Å². The van der Waals surface area contributed by atoms with Crippen LogP contribution in [0.25, 0.3) is 0 Å². The van der Waals surface area contributed by atoms with E-state index in [9.17, 15) is 0 Å². The Balaban J connectivity index is 2.07. The van der Waals surface area contributed by atoms with Crippen molar-refractivity contribution in [1.82, 2.24) is 10.2 Å². The minimum Gasteiger partial charge on any atom is -0.309 e. The Hall–Kier alpha value is -0.860. The fourth-order valence-corrected chi connectivity index (χ4v) is 3.46. The molecule has 1 aromatic carbocycles. The molecule has 1 aliphatic heterocycles. The van der Waals surface area contributed by atoms with Crippen LogP contribution in [0.3, 0.4) is 0 Å². The average molecular weight is 288 g/mol. The molecule has 0 spiro atoms. The molecule has 0 radical (unpaired) electrons. The molecule has 1 aliphatic rings. The first-order valence-electron chi connectivity index (χ1n) is 8.64. The molecule has 0 aliphatic carbocycles. The highest BCUT2D eigenvalue weighted by Gasteiger charge is 2.33. The molecule has 0 saturated carbocycles. The van der Waals surface area contributed by atoms with Crippen LogP contribution in [0.4, 0.5) is 0 Å². The second-order valence-electron chi connectivity index (χ2n) is 6.96. The van der Waals surface area contributed by atoms with Crippen molar-refractivity contribution in [2.75, 3.05) is 19.6 Å². The molecular weight excluding hydrogens is 256 g/mol. The summed E-state index contributed by atoms with van der Waals surface area (Å²) in [6, 6.07) is 9.70. The van der Waals surface area contributed by atoms with Crippen molar-refractivity contribution in [1.29, 1.82) is 0 Å². The molecular formula is C19H32N2. The minimum absolute atomic E-state index is 0.357. The van der Waals surface area contributed by atoms with E-state index in [2.05, 4.69) is 62.2 Å². The van der Waals surface area contributed by atoms with E-state index >= 15 is 0 Å². The summed E-state index contributed by atoms with van der Waals surface area (Å²) in [5, 5.41) is 3.67. The molecule has 1 fully saturated rings. The third-order valence-electron chi connectivity index (χ3n) is 4.85. The maximum atomic E-state index is 3.67. The number of aryl methyl sites for hydroxylation is 1. The van der Waals surface area contributed by atoms with Gasteiger partial charge in [0.2, 0.25) is 0 Å². The van der Waals surface area contributed by atoms with Crippen molar-refractivity contribution in [3.05, 3.63) is 35.4 Å². The molecule has 21 heavy (non-hydrogen) atoms. The number of hydrogen-bond donors (Lipinski definition) is 1. The minimum atomic E-state index is 0.357. The molecule has 0 aromatic heterocycles. The van der Waals surface area contributed by atoms with Gasteiger partial charge in [0, 0.05) is 18.1 Å². The SMILES string of the molecule is CCCc1ccc(C(CN2CCCC2(C)C)NCC)cc1. The molecule has 2 nitrogen and oxygen atoms in total. The van der Waals surface area contributed by atoms with E-state index in [1.165, 1.54) is 43.4 Å². The van der Waals surface area contributed by atoms with Crippen molar-refractivity contribution in [3.63, 3.8) is 0 Å². The Morgan fingerprint density at radius 3 is 2.43 bits per heavy atom. The lowest BCUT2D eigenvalue weighted by Crippen LogP contribution is -2.43. The molecule has 2 rings (SSSR count). The first-order chi connectivity index (χ1) is 10.1. The Kier molecular flexibility index (Phi) is 5.83. The summed E-state index contributed by atoms with van der Waals surface area (Å²) in [5.41, 5.74) is 3.24. The zero-order valence-electron chi connectivity index (χ0n) is 14.3. The van der Waals surface area contributed by atoms with Crippen LogP contribution in [-0.4, -0.2) is 30.1 Å². The van der Waals surface area contributed by atoms with Gasteiger partial charge >= 0.3 is 0 Å². The van der Waals surface area contributed by atoms with E-state index in [0.29, 0.717) is 11.6 Å². The van der Waals surface area contributed by atoms with Crippen LogP contribution in [0.5, 0.6) is 0 Å². The zero-order chi connectivity index (χ0) is 15.3. The number of nitrogens with zero attached hydrogens (tertiary/aromatic N) is 1. The Morgan fingerprint density at radius 2 is 1.90 bits per heavy atom. The third kappa shape index (κ3) is 4.31. The van der Waals surface area contributed by atoms with Crippen LogP contribution in [0.2, 0.25) is 0 Å². The van der Waals surface area contributed by atoms with Gasteiger partial charge in [0.15, 0.2) is 0 Å². The smallest absolute Gasteiger partial charge is 0.0449 e. The number of benzene rings is 1. The summed E-state index contributed by atoms with van der Waals surface area (Å²) in [4.78, 5) is 2.65. The maximum Gasteiger partial charge on any atom is 0.0449 e. The molecule has 1 aromatic rings. The normalized spacial score (nSPS) is 19.8. The van der Waals surface area contributed by atoms with Crippen LogP contribution in [-0.2, 0) is 6.42 Å². The summed E-state index contributed by atoms with van der Waals surface area (Å²) in [5.74, 6) is 0. The highest BCUT2D eigenvalue weighted by atomic mass is 15.2. The van der Waals surface area contributed by atoms with Gasteiger partial charge in [-0.3, -0.25) is 4.90 Å². The zero-order valence-corrected chi connectivity index (χ0v) is 14.3. The van der Waals surface area contributed by atoms with Gasteiger partial charge in [0.05, 0.1) is 0 Å². The van der Waals surface area contributed by atoms with Gasteiger partial charge in [-0.05, 0) is 57.3 Å². The van der Waals surface area contributed by atoms with E-state index in [0.717, 1.165) is 13.1 Å².